The molecular weight excluding hydrogens is 501 g/mol. The van der Waals surface area contributed by atoms with E-state index in [0.717, 1.165) is 29.5 Å². The van der Waals surface area contributed by atoms with Crippen molar-refractivity contribution in [1.82, 2.24) is 10.3 Å². The fraction of sp³-hybridized carbons (Fsp3) is 0.111. The Bertz CT molecular complexity index is 1280. The summed E-state index contributed by atoms with van der Waals surface area (Å²) in [4.78, 5) is 15.2. The minimum Gasteiger partial charge on any atom is -0.348 e. The Morgan fingerprint density at radius 2 is 1.81 bits per heavy atom. The molecule has 0 atom stereocenters. The lowest BCUT2D eigenvalue weighted by Crippen LogP contribution is -2.23. The quantitative estimate of drug-likeness (QED) is 0.464. The van der Waals surface area contributed by atoms with Gasteiger partial charge in [0.15, 0.2) is 5.13 Å². The van der Waals surface area contributed by atoms with E-state index in [-0.39, 0.29) is 27.1 Å². The van der Waals surface area contributed by atoms with Gasteiger partial charge in [0.05, 0.1) is 11.8 Å². The standard InChI is InChI=1S/C18H11ClF5N3O3S2/c19-15-8-26-17(31-15)27-32(29,30)14-4-2-10(6-13(14)21)16(28)25-7-9-1-3-11(12(20)5-9)18(22,23)24/h1-6,8H,7H2,(H,25,28)(H,26,27). The van der Waals surface area contributed by atoms with E-state index in [1.54, 1.807) is 0 Å². The van der Waals surface area contributed by atoms with Crippen LogP contribution in [0.5, 0.6) is 0 Å². The van der Waals surface area contributed by atoms with Gasteiger partial charge < -0.3 is 5.32 Å². The molecule has 0 saturated heterocycles. The van der Waals surface area contributed by atoms with Crippen molar-refractivity contribution in [2.75, 3.05) is 4.72 Å². The molecule has 0 saturated carbocycles. The Labute approximate surface area is 187 Å². The average Bonchev–Trinajstić information content (AvgIpc) is 3.08. The van der Waals surface area contributed by atoms with Crippen LogP contribution in [0.3, 0.4) is 0 Å². The van der Waals surface area contributed by atoms with Crippen molar-refractivity contribution in [2.45, 2.75) is 17.6 Å². The number of aromatic nitrogens is 1. The zero-order chi connectivity index (χ0) is 23.7. The first kappa shape index (κ1) is 23.9. The number of alkyl halides is 3. The van der Waals surface area contributed by atoms with Crippen molar-refractivity contribution in [2.24, 2.45) is 0 Å². The second-order valence-corrected chi connectivity index (χ2v) is 9.53. The highest BCUT2D eigenvalue weighted by Crippen LogP contribution is 2.31. The highest BCUT2D eigenvalue weighted by atomic mass is 35.5. The first-order chi connectivity index (χ1) is 14.9. The second kappa shape index (κ2) is 9.00. The number of hydrogen-bond acceptors (Lipinski definition) is 5. The van der Waals surface area contributed by atoms with Crippen molar-refractivity contribution >= 4 is 44.0 Å². The molecule has 2 N–H and O–H groups in total. The zero-order valence-corrected chi connectivity index (χ0v) is 17.9. The molecule has 170 valence electrons. The van der Waals surface area contributed by atoms with Crippen LogP contribution in [0.25, 0.3) is 0 Å². The second-order valence-electron chi connectivity index (χ2n) is 6.21. The van der Waals surface area contributed by atoms with Crippen LogP contribution < -0.4 is 10.0 Å². The Morgan fingerprint density at radius 3 is 2.38 bits per heavy atom. The number of amides is 1. The zero-order valence-electron chi connectivity index (χ0n) is 15.5. The topological polar surface area (TPSA) is 88.2 Å². The van der Waals surface area contributed by atoms with Crippen molar-refractivity contribution in [1.29, 1.82) is 0 Å². The van der Waals surface area contributed by atoms with Gasteiger partial charge in [-0.25, -0.2) is 22.2 Å². The van der Waals surface area contributed by atoms with Crippen molar-refractivity contribution in [3.63, 3.8) is 0 Å². The fourth-order valence-corrected chi connectivity index (χ4v) is 4.63. The summed E-state index contributed by atoms with van der Waals surface area (Å²) < 4.78 is 92.7. The van der Waals surface area contributed by atoms with Gasteiger partial charge in [-0.1, -0.05) is 29.0 Å². The molecule has 0 unspecified atom stereocenters. The lowest BCUT2D eigenvalue weighted by Gasteiger charge is -2.11. The van der Waals surface area contributed by atoms with Crippen LogP contribution in [0.2, 0.25) is 4.34 Å². The van der Waals surface area contributed by atoms with E-state index in [0.29, 0.717) is 18.2 Å². The van der Waals surface area contributed by atoms with E-state index in [4.69, 9.17) is 11.6 Å². The highest BCUT2D eigenvalue weighted by Gasteiger charge is 2.33. The largest absolute Gasteiger partial charge is 0.419 e. The summed E-state index contributed by atoms with van der Waals surface area (Å²) in [6.07, 6.45) is -3.65. The van der Waals surface area contributed by atoms with Gasteiger partial charge in [0.25, 0.3) is 15.9 Å². The summed E-state index contributed by atoms with van der Waals surface area (Å²) in [5, 5.41) is 2.20. The van der Waals surface area contributed by atoms with Gasteiger partial charge in [0.1, 0.15) is 20.9 Å². The van der Waals surface area contributed by atoms with Crippen molar-refractivity contribution in [3.05, 3.63) is 75.3 Å². The molecule has 0 aliphatic rings. The van der Waals surface area contributed by atoms with Gasteiger partial charge in [0, 0.05) is 12.1 Å². The maximum Gasteiger partial charge on any atom is 0.419 e. The van der Waals surface area contributed by atoms with Gasteiger partial charge in [-0.3, -0.25) is 9.52 Å². The molecule has 14 heteroatoms. The lowest BCUT2D eigenvalue weighted by molar-refractivity contribution is -0.140. The number of sulfonamides is 1. The van der Waals surface area contributed by atoms with Crippen LogP contribution in [-0.2, 0) is 22.7 Å². The van der Waals surface area contributed by atoms with Crippen LogP contribution in [0.15, 0.2) is 47.5 Å². The Balaban J connectivity index is 1.70. The first-order valence-corrected chi connectivity index (χ1v) is 11.1. The number of nitrogens with one attached hydrogen (secondary N) is 2. The number of carbonyl (C=O) groups is 1. The molecule has 0 radical (unpaired) electrons. The summed E-state index contributed by atoms with van der Waals surface area (Å²) in [7, 11) is -4.35. The monoisotopic (exact) mass is 511 g/mol. The third kappa shape index (κ3) is 5.53. The van der Waals surface area contributed by atoms with Gasteiger partial charge in [-0.15, -0.1) is 0 Å². The fourth-order valence-electron chi connectivity index (χ4n) is 2.51. The Kier molecular flexibility index (Phi) is 6.72. The molecule has 3 aromatic rings. The molecule has 0 spiro atoms. The molecule has 0 aliphatic heterocycles. The molecule has 1 amide bonds. The molecule has 1 aromatic heterocycles. The minimum absolute atomic E-state index is 0.0369. The number of hydrogen-bond donors (Lipinski definition) is 2. The summed E-state index contributed by atoms with van der Waals surface area (Å²) in [5.74, 6) is -3.58. The molecule has 1 heterocycles. The number of benzene rings is 2. The normalized spacial score (nSPS) is 11.9. The van der Waals surface area contributed by atoms with Crippen LogP contribution in [0.1, 0.15) is 21.5 Å². The Morgan fingerprint density at radius 1 is 1.09 bits per heavy atom. The maximum atomic E-state index is 14.4. The van der Waals surface area contributed by atoms with Gasteiger partial charge in [0.2, 0.25) is 0 Å². The third-order valence-corrected chi connectivity index (χ3v) is 6.51. The van der Waals surface area contributed by atoms with E-state index in [9.17, 15) is 35.2 Å². The molecular formula is C18H11ClF5N3O3S2. The van der Waals surface area contributed by atoms with Crippen molar-refractivity contribution < 1.29 is 35.2 Å². The number of thiazole rings is 1. The van der Waals surface area contributed by atoms with Crippen LogP contribution in [0.4, 0.5) is 27.1 Å². The average molecular weight is 512 g/mol. The van der Waals surface area contributed by atoms with E-state index in [1.165, 1.54) is 6.20 Å². The van der Waals surface area contributed by atoms with Crippen LogP contribution in [0, 0.1) is 11.6 Å². The summed E-state index contributed by atoms with van der Waals surface area (Å²) >= 11 is 6.48. The van der Waals surface area contributed by atoms with E-state index >= 15 is 0 Å². The third-order valence-electron chi connectivity index (χ3n) is 3.97. The SMILES string of the molecule is O=C(NCc1ccc(C(F)(F)F)c(F)c1)c1ccc(S(=O)(=O)Nc2ncc(Cl)s2)c(F)c1. The van der Waals surface area contributed by atoms with Gasteiger partial charge in [-0.2, -0.15) is 13.2 Å². The number of halogens is 6. The number of anilines is 1. The summed E-state index contributed by atoms with van der Waals surface area (Å²) in [5.41, 5.74) is -1.67. The number of carbonyl (C=O) groups excluding carboxylic acids is 1. The predicted molar refractivity (Wildman–Crippen MR) is 107 cm³/mol. The van der Waals surface area contributed by atoms with Crippen LogP contribution >= 0.6 is 22.9 Å². The molecule has 2 aromatic carbocycles. The number of nitrogens with zero attached hydrogens (tertiary/aromatic N) is 1. The highest BCUT2D eigenvalue weighted by molar-refractivity contribution is 7.93. The molecule has 0 bridgehead atoms. The molecule has 32 heavy (non-hydrogen) atoms. The molecule has 0 aliphatic carbocycles. The smallest absolute Gasteiger partial charge is 0.348 e. The Hall–Kier alpha value is -2.77. The summed E-state index contributed by atoms with van der Waals surface area (Å²) in [6, 6.07) is 4.72. The number of rotatable bonds is 6. The molecule has 3 rings (SSSR count). The predicted octanol–water partition coefficient (Wildman–Crippen LogP) is 4.82. The van der Waals surface area contributed by atoms with E-state index < -0.39 is 44.2 Å². The molecule has 6 nitrogen and oxygen atoms in total. The van der Waals surface area contributed by atoms with E-state index in [1.807, 2.05) is 0 Å². The maximum absolute atomic E-state index is 14.4. The lowest BCUT2D eigenvalue weighted by atomic mass is 10.1. The van der Waals surface area contributed by atoms with E-state index in [2.05, 4.69) is 15.0 Å². The van der Waals surface area contributed by atoms with Gasteiger partial charge >= 0.3 is 6.18 Å². The molecule has 0 fully saturated rings. The van der Waals surface area contributed by atoms with Crippen LogP contribution in [-0.4, -0.2) is 19.3 Å². The first-order valence-electron chi connectivity index (χ1n) is 8.44. The van der Waals surface area contributed by atoms with Gasteiger partial charge in [-0.05, 0) is 35.9 Å². The minimum atomic E-state index is -4.86. The summed E-state index contributed by atoms with van der Waals surface area (Å²) in [6.45, 7) is -0.345. The van der Waals surface area contributed by atoms with Crippen molar-refractivity contribution in [3.8, 4) is 0 Å².